The Kier molecular flexibility index (Phi) is 4.59. The molecule has 1 aliphatic carbocycles. The highest BCUT2D eigenvalue weighted by atomic mass is 28.3. The molecule has 0 spiro atoms. The molecule has 0 fully saturated rings. The van der Waals surface area contributed by atoms with Gasteiger partial charge in [0, 0.05) is 0 Å². The maximum Gasteiger partial charge on any atom is 0.0752 e. The first-order chi connectivity index (χ1) is 7.11. The van der Waals surface area contributed by atoms with Crippen molar-refractivity contribution >= 4 is 8.07 Å². The molecule has 1 aliphatic rings. The van der Waals surface area contributed by atoms with Crippen molar-refractivity contribution in [1.29, 1.82) is 0 Å². The molecule has 0 heterocycles. The Bertz CT molecular complexity index is 222. The van der Waals surface area contributed by atoms with Crippen LogP contribution in [0.5, 0.6) is 0 Å². The van der Waals surface area contributed by atoms with Crippen LogP contribution >= 0.6 is 0 Å². The molecule has 0 saturated heterocycles. The van der Waals surface area contributed by atoms with Gasteiger partial charge in [-0.2, -0.15) is 0 Å². The lowest BCUT2D eigenvalue weighted by Gasteiger charge is -2.42. The fraction of sp³-hybridized carbons (Fsp3) is 0.846. The van der Waals surface area contributed by atoms with Gasteiger partial charge in [-0.1, -0.05) is 45.0 Å². The minimum absolute atomic E-state index is 0.134. The van der Waals surface area contributed by atoms with Crippen molar-refractivity contribution in [2.24, 2.45) is 0 Å². The molecule has 0 radical (unpaired) electrons. The van der Waals surface area contributed by atoms with Crippen molar-refractivity contribution < 1.29 is 5.11 Å². The number of aliphatic hydroxyl groups excluding tert-OH is 1. The number of allylic oxidation sites excluding steroid dienone is 1. The van der Waals surface area contributed by atoms with Gasteiger partial charge in [0.25, 0.3) is 0 Å². The number of aliphatic hydroxyl groups is 1. The molecule has 0 amide bonds. The summed E-state index contributed by atoms with van der Waals surface area (Å²) in [6, 6.07) is 3.99. The molecule has 0 aromatic heterocycles. The molecule has 1 nitrogen and oxygen atoms in total. The average Bonchev–Trinajstić information content (AvgIpc) is 2.27. The van der Waals surface area contributed by atoms with Crippen LogP contribution in [0.2, 0.25) is 23.7 Å². The lowest BCUT2D eigenvalue weighted by Crippen LogP contribution is -2.44. The largest absolute Gasteiger partial charge is 0.389 e. The Hall–Kier alpha value is -0.0831. The molecule has 0 aromatic rings. The molecule has 15 heavy (non-hydrogen) atoms. The number of hydrogen-bond donors (Lipinski definition) is 1. The van der Waals surface area contributed by atoms with Gasteiger partial charge in [0.05, 0.1) is 14.2 Å². The van der Waals surface area contributed by atoms with Gasteiger partial charge in [-0.25, -0.2) is 0 Å². The Balaban J connectivity index is 2.89. The third-order valence-electron chi connectivity index (χ3n) is 4.69. The third-order valence-corrected chi connectivity index (χ3v) is 11.1. The molecule has 1 unspecified atom stereocenters. The van der Waals surface area contributed by atoms with Gasteiger partial charge >= 0.3 is 0 Å². The van der Waals surface area contributed by atoms with Crippen LogP contribution in [0.4, 0.5) is 0 Å². The molecule has 88 valence electrons. The summed E-state index contributed by atoms with van der Waals surface area (Å²) in [5.41, 5.74) is 1.83. The normalized spacial score (nSPS) is 27.7. The van der Waals surface area contributed by atoms with Gasteiger partial charge in [0.15, 0.2) is 0 Å². The molecular weight excluding hydrogens is 200 g/mol. The van der Waals surface area contributed by atoms with E-state index >= 15 is 0 Å². The number of hydrogen-bond acceptors (Lipinski definition) is 1. The summed E-state index contributed by atoms with van der Waals surface area (Å²) in [4.78, 5) is 0. The van der Waals surface area contributed by atoms with Crippen molar-refractivity contribution in [3.63, 3.8) is 0 Å². The van der Waals surface area contributed by atoms with Crippen LogP contribution in [0.3, 0.4) is 0 Å². The molecule has 0 aromatic carbocycles. The maximum absolute atomic E-state index is 10.3. The van der Waals surface area contributed by atoms with Gasteiger partial charge in [0.1, 0.15) is 0 Å². The lowest BCUT2D eigenvalue weighted by atomic mass is 9.97. The van der Waals surface area contributed by atoms with Crippen molar-refractivity contribution in [3.8, 4) is 0 Å². The summed E-state index contributed by atoms with van der Waals surface area (Å²) in [7, 11) is -1.21. The van der Waals surface area contributed by atoms with Gasteiger partial charge in [0.2, 0.25) is 0 Å². The van der Waals surface area contributed by atoms with Crippen LogP contribution in [0.15, 0.2) is 11.6 Å². The summed E-state index contributed by atoms with van der Waals surface area (Å²) in [5, 5.41) is 10.3. The minimum atomic E-state index is -1.21. The summed E-state index contributed by atoms with van der Waals surface area (Å²) in [6.45, 7) is 9.09. The highest BCUT2D eigenvalue weighted by Gasteiger charge is 2.41. The van der Waals surface area contributed by atoms with Gasteiger partial charge in [-0.05, 0) is 30.9 Å². The van der Waals surface area contributed by atoms with Gasteiger partial charge in [-0.3, -0.25) is 0 Å². The molecule has 2 atom stereocenters. The molecular formula is C13H26OSi. The average molecular weight is 226 g/mol. The van der Waals surface area contributed by atoms with Crippen LogP contribution in [0, 0.1) is 0 Å². The highest BCUT2D eigenvalue weighted by molar-refractivity contribution is 6.81. The summed E-state index contributed by atoms with van der Waals surface area (Å²) in [5.74, 6) is 0. The molecule has 2 heteroatoms. The van der Waals surface area contributed by atoms with E-state index in [1.807, 2.05) is 0 Å². The highest BCUT2D eigenvalue weighted by Crippen LogP contribution is 2.43. The van der Waals surface area contributed by atoms with E-state index < -0.39 is 8.07 Å². The first kappa shape index (κ1) is 13.0. The van der Waals surface area contributed by atoms with Crippen LogP contribution in [0.1, 0.15) is 40.5 Å². The van der Waals surface area contributed by atoms with Crippen molar-refractivity contribution in [1.82, 2.24) is 0 Å². The van der Waals surface area contributed by atoms with E-state index in [2.05, 4.69) is 33.8 Å². The summed E-state index contributed by atoms with van der Waals surface area (Å²) in [6.07, 6.45) is 4.49. The van der Waals surface area contributed by atoms with Crippen LogP contribution in [-0.2, 0) is 0 Å². The third kappa shape index (κ3) is 2.36. The topological polar surface area (TPSA) is 20.2 Å². The molecule has 1 N–H and O–H groups in total. The summed E-state index contributed by atoms with van der Waals surface area (Å²) < 4.78 is 0. The first-order valence-corrected chi connectivity index (χ1v) is 9.15. The standard InChI is InChI=1S/C13H26OSi/c1-5-15(6-2,7-3)12-10-8-9-11(4)13(12)14/h9,12-14H,5-8,10H2,1-4H3/t12-,13?/m0/s1. The molecule has 0 saturated carbocycles. The zero-order valence-electron chi connectivity index (χ0n) is 10.7. The van der Waals surface area contributed by atoms with E-state index in [9.17, 15) is 5.11 Å². The predicted octanol–water partition coefficient (Wildman–Crippen LogP) is 3.97. The van der Waals surface area contributed by atoms with E-state index in [0.29, 0.717) is 5.54 Å². The van der Waals surface area contributed by atoms with E-state index in [1.165, 1.54) is 36.5 Å². The molecule has 1 rings (SSSR count). The smallest absolute Gasteiger partial charge is 0.0752 e. The predicted molar refractivity (Wildman–Crippen MR) is 69.9 cm³/mol. The van der Waals surface area contributed by atoms with Gasteiger partial charge in [-0.15, -0.1) is 0 Å². The second-order valence-corrected chi connectivity index (χ2v) is 10.6. The Morgan fingerprint density at radius 3 is 2.27 bits per heavy atom. The Morgan fingerprint density at radius 2 is 1.80 bits per heavy atom. The van der Waals surface area contributed by atoms with Crippen LogP contribution in [0.25, 0.3) is 0 Å². The number of rotatable bonds is 4. The van der Waals surface area contributed by atoms with E-state index in [1.54, 1.807) is 0 Å². The first-order valence-electron chi connectivity index (χ1n) is 6.46. The van der Waals surface area contributed by atoms with Crippen molar-refractivity contribution in [2.45, 2.75) is 70.3 Å². The maximum atomic E-state index is 10.3. The Labute approximate surface area is 95.6 Å². The van der Waals surface area contributed by atoms with Crippen LogP contribution in [-0.4, -0.2) is 19.3 Å². The zero-order valence-corrected chi connectivity index (χ0v) is 11.7. The van der Waals surface area contributed by atoms with Crippen LogP contribution < -0.4 is 0 Å². The van der Waals surface area contributed by atoms with Crippen molar-refractivity contribution in [2.75, 3.05) is 0 Å². The second-order valence-electron chi connectivity index (χ2n) is 5.00. The quantitative estimate of drug-likeness (QED) is 0.568. The summed E-state index contributed by atoms with van der Waals surface area (Å²) >= 11 is 0. The SMILES string of the molecule is CC[Si](CC)(CC)[C@H]1CCC=C(C)C1O. The fourth-order valence-electron chi connectivity index (χ4n) is 3.26. The van der Waals surface area contributed by atoms with Crippen molar-refractivity contribution in [3.05, 3.63) is 11.6 Å². The van der Waals surface area contributed by atoms with E-state index in [-0.39, 0.29) is 6.10 Å². The van der Waals surface area contributed by atoms with Gasteiger partial charge < -0.3 is 5.11 Å². The monoisotopic (exact) mass is 226 g/mol. The molecule has 0 bridgehead atoms. The lowest BCUT2D eigenvalue weighted by molar-refractivity contribution is 0.187. The minimum Gasteiger partial charge on any atom is -0.389 e. The van der Waals surface area contributed by atoms with E-state index in [4.69, 9.17) is 0 Å². The Morgan fingerprint density at radius 1 is 1.27 bits per heavy atom. The fourth-order valence-corrected chi connectivity index (χ4v) is 8.05. The second kappa shape index (κ2) is 5.31. The molecule has 0 aliphatic heterocycles. The van der Waals surface area contributed by atoms with E-state index in [0.717, 1.165) is 0 Å². The zero-order chi connectivity index (χ0) is 11.5.